The highest BCUT2D eigenvalue weighted by molar-refractivity contribution is 5.92. The second-order valence-corrected chi connectivity index (χ2v) is 9.04. The van der Waals surface area contributed by atoms with Gasteiger partial charge in [0.05, 0.1) is 0 Å². The van der Waals surface area contributed by atoms with E-state index >= 15 is 0 Å². The molecule has 132 valence electrons. The fourth-order valence-corrected chi connectivity index (χ4v) is 6.30. The van der Waals surface area contributed by atoms with Crippen molar-refractivity contribution in [2.45, 2.75) is 78.1 Å². The van der Waals surface area contributed by atoms with Crippen molar-refractivity contribution in [3.8, 4) is 0 Å². The van der Waals surface area contributed by atoms with E-state index < -0.39 is 24.3 Å². The molecule has 0 spiro atoms. The van der Waals surface area contributed by atoms with Gasteiger partial charge in [-0.25, -0.2) is 4.79 Å². The van der Waals surface area contributed by atoms with Crippen molar-refractivity contribution in [3.05, 3.63) is 22.3 Å². The van der Waals surface area contributed by atoms with Gasteiger partial charge in [-0.2, -0.15) is 0 Å². The molecule has 3 aliphatic carbocycles. The number of carbonyl (C=O) groups excluding carboxylic acids is 1. The average molecular weight is 332 g/mol. The van der Waals surface area contributed by atoms with Crippen LogP contribution in [-0.2, 0) is 9.53 Å². The number of ether oxygens (including phenoxy) is 1. The van der Waals surface area contributed by atoms with Crippen LogP contribution in [0.5, 0.6) is 0 Å². The number of carbonyl (C=O) groups is 1. The summed E-state index contributed by atoms with van der Waals surface area (Å²) in [5, 5.41) is 22.1. The van der Waals surface area contributed by atoms with E-state index in [-0.39, 0.29) is 10.8 Å². The lowest BCUT2D eigenvalue weighted by atomic mass is 9.48. The molecule has 0 saturated heterocycles. The SMILES string of the molecule is CC1=C2[C@@H](O)C3=C([C@@H](O)[C@H]2OC1=O)[C@]1(C)CCCC(C)(C)[C@H]1CC3. The van der Waals surface area contributed by atoms with Gasteiger partial charge in [0.2, 0.25) is 0 Å². The third-order valence-electron chi connectivity index (χ3n) is 7.38. The summed E-state index contributed by atoms with van der Waals surface area (Å²) in [7, 11) is 0. The van der Waals surface area contributed by atoms with Gasteiger partial charge in [-0.1, -0.05) is 27.2 Å². The summed E-state index contributed by atoms with van der Waals surface area (Å²) >= 11 is 0. The summed E-state index contributed by atoms with van der Waals surface area (Å²) in [5.41, 5.74) is 3.08. The van der Waals surface area contributed by atoms with Gasteiger partial charge in [0.25, 0.3) is 0 Å². The molecule has 1 fully saturated rings. The van der Waals surface area contributed by atoms with E-state index in [1.165, 1.54) is 6.42 Å². The van der Waals surface area contributed by atoms with Gasteiger partial charge in [-0.3, -0.25) is 0 Å². The molecule has 1 saturated carbocycles. The minimum absolute atomic E-state index is 0.121. The summed E-state index contributed by atoms with van der Waals surface area (Å²) in [5.74, 6) is 0.0849. The van der Waals surface area contributed by atoms with Gasteiger partial charge < -0.3 is 14.9 Å². The zero-order valence-electron chi connectivity index (χ0n) is 15.1. The number of rotatable bonds is 0. The van der Waals surface area contributed by atoms with Crippen molar-refractivity contribution in [3.63, 3.8) is 0 Å². The van der Waals surface area contributed by atoms with Gasteiger partial charge in [0.1, 0.15) is 12.2 Å². The molecule has 24 heavy (non-hydrogen) atoms. The van der Waals surface area contributed by atoms with Crippen LogP contribution in [0.1, 0.15) is 59.8 Å². The van der Waals surface area contributed by atoms with E-state index in [2.05, 4.69) is 20.8 Å². The summed E-state index contributed by atoms with van der Waals surface area (Å²) in [6, 6.07) is 0. The molecule has 0 bridgehead atoms. The van der Waals surface area contributed by atoms with Crippen molar-refractivity contribution < 1.29 is 19.7 Å². The largest absolute Gasteiger partial charge is 0.451 e. The molecule has 4 nitrogen and oxygen atoms in total. The molecule has 0 aromatic rings. The zero-order chi connectivity index (χ0) is 17.4. The third-order valence-corrected chi connectivity index (χ3v) is 7.38. The number of hydrogen-bond donors (Lipinski definition) is 2. The number of fused-ring (bicyclic) bond motifs is 3. The Morgan fingerprint density at radius 2 is 1.88 bits per heavy atom. The molecule has 2 N–H and O–H groups in total. The molecule has 1 aliphatic heterocycles. The number of aliphatic hydroxyl groups is 2. The lowest BCUT2D eigenvalue weighted by Gasteiger charge is -2.57. The molecule has 5 atom stereocenters. The van der Waals surface area contributed by atoms with Gasteiger partial charge in [0, 0.05) is 11.1 Å². The summed E-state index contributed by atoms with van der Waals surface area (Å²) < 4.78 is 5.43. The molecule has 0 radical (unpaired) electrons. The first-order valence-electron chi connectivity index (χ1n) is 9.19. The Morgan fingerprint density at radius 1 is 1.17 bits per heavy atom. The Morgan fingerprint density at radius 3 is 2.58 bits per heavy atom. The maximum atomic E-state index is 12.0. The molecule has 0 amide bonds. The zero-order valence-corrected chi connectivity index (χ0v) is 15.1. The molecule has 4 heteroatoms. The Kier molecular flexibility index (Phi) is 3.37. The van der Waals surface area contributed by atoms with E-state index in [4.69, 9.17) is 4.74 Å². The highest BCUT2D eigenvalue weighted by Crippen LogP contribution is 2.62. The van der Waals surface area contributed by atoms with Crippen LogP contribution in [-0.4, -0.2) is 34.5 Å². The summed E-state index contributed by atoms with van der Waals surface area (Å²) in [6.45, 7) is 8.60. The average Bonchev–Trinajstić information content (AvgIpc) is 2.79. The monoisotopic (exact) mass is 332 g/mol. The molecular weight excluding hydrogens is 304 g/mol. The molecular formula is C20H28O4. The Balaban J connectivity index is 1.86. The number of hydrogen-bond acceptors (Lipinski definition) is 4. The number of aliphatic hydroxyl groups excluding tert-OH is 2. The minimum atomic E-state index is -0.818. The second kappa shape index (κ2) is 4.95. The smallest absolute Gasteiger partial charge is 0.334 e. The topological polar surface area (TPSA) is 66.8 Å². The predicted molar refractivity (Wildman–Crippen MR) is 90.1 cm³/mol. The molecule has 4 aliphatic rings. The predicted octanol–water partition coefficient (Wildman–Crippen LogP) is 2.89. The number of esters is 1. The highest BCUT2D eigenvalue weighted by Gasteiger charge is 2.57. The molecule has 0 aromatic carbocycles. The van der Waals surface area contributed by atoms with E-state index in [1.54, 1.807) is 6.92 Å². The van der Waals surface area contributed by atoms with E-state index in [0.29, 0.717) is 17.1 Å². The standard InChI is InChI=1S/C20H28O4/c1-10-13-15(21)11-6-7-12-19(2,3)8-5-9-20(12,4)14(11)16(22)17(13)24-18(10)23/h12,15-17,21-22H,5-9H2,1-4H3/t12-,15+,16-,17+,20-/m1/s1. The van der Waals surface area contributed by atoms with Crippen molar-refractivity contribution in [2.24, 2.45) is 16.7 Å². The molecule has 4 rings (SSSR count). The van der Waals surface area contributed by atoms with Gasteiger partial charge >= 0.3 is 5.97 Å². The van der Waals surface area contributed by atoms with Crippen LogP contribution in [0.25, 0.3) is 0 Å². The van der Waals surface area contributed by atoms with Crippen LogP contribution in [0.4, 0.5) is 0 Å². The quantitative estimate of drug-likeness (QED) is 0.529. The molecule has 0 aromatic heterocycles. The van der Waals surface area contributed by atoms with Crippen molar-refractivity contribution >= 4 is 5.97 Å². The molecule has 1 heterocycles. The minimum Gasteiger partial charge on any atom is -0.451 e. The maximum Gasteiger partial charge on any atom is 0.334 e. The van der Waals surface area contributed by atoms with Crippen LogP contribution in [0.3, 0.4) is 0 Å². The summed E-state index contributed by atoms with van der Waals surface area (Å²) in [6.07, 6.45) is 2.91. The van der Waals surface area contributed by atoms with Gasteiger partial charge in [0.15, 0.2) is 6.10 Å². The van der Waals surface area contributed by atoms with Crippen molar-refractivity contribution in [1.29, 1.82) is 0 Å². The fourth-order valence-electron chi connectivity index (χ4n) is 6.30. The lowest BCUT2D eigenvalue weighted by Crippen LogP contribution is -2.53. The summed E-state index contributed by atoms with van der Waals surface area (Å²) in [4.78, 5) is 12.0. The van der Waals surface area contributed by atoms with Crippen LogP contribution in [0.15, 0.2) is 22.3 Å². The van der Waals surface area contributed by atoms with Crippen LogP contribution in [0, 0.1) is 16.7 Å². The Labute approximate surface area is 143 Å². The van der Waals surface area contributed by atoms with E-state index in [1.807, 2.05) is 0 Å². The third kappa shape index (κ3) is 1.90. The van der Waals surface area contributed by atoms with Crippen LogP contribution >= 0.6 is 0 Å². The molecule has 0 unspecified atom stereocenters. The van der Waals surface area contributed by atoms with Gasteiger partial charge in [-0.05, 0) is 60.5 Å². The van der Waals surface area contributed by atoms with Crippen LogP contribution < -0.4 is 0 Å². The first-order chi connectivity index (χ1) is 11.2. The van der Waals surface area contributed by atoms with E-state index in [0.717, 1.165) is 36.8 Å². The maximum absolute atomic E-state index is 12.0. The van der Waals surface area contributed by atoms with E-state index in [9.17, 15) is 15.0 Å². The van der Waals surface area contributed by atoms with Gasteiger partial charge in [-0.15, -0.1) is 0 Å². The second-order valence-electron chi connectivity index (χ2n) is 9.04. The lowest BCUT2D eigenvalue weighted by molar-refractivity contribution is -0.144. The highest BCUT2D eigenvalue weighted by atomic mass is 16.6. The van der Waals surface area contributed by atoms with Crippen molar-refractivity contribution in [2.75, 3.05) is 0 Å². The van der Waals surface area contributed by atoms with Crippen LogP contribution in [0.2, 0.25) is 0 Å². The van der Waals surface area contributed by atoms with Crippen molar-refractivity contribution in [1.82, 2.24) is 0 Å². The Bertz CT molecular complexity index is 671. The first kappa shape index (κ1) is 16.3. The fraction of sp³-hybridized carbons (Fsp3) is 0.750. The normalized spacial score (nSPS) is 44.0. The first-order valence-corrected chi connectivity index (χ1v) is 9.19. The Hall–Kier alpha value is -1.13.